The summed E-state index contributed by atoms with van der Waals surface area (Å²) in [5.74, 6) is 1.21. The van der Waals surface area contributed by atoms with Gasteiger partial charge < -0.3 is 20.4 Å². The molecular formula is C24H27N5O2S. The first-order valence-corrected chi connectivity index (χ1v) is 11.4. The van der Waals surface area contributed by atoms with Crippen LogP contribution in [0.4, 0.5) is 11.8 Å². The highest BCUT2D eigenvalue weighted by Gasteiger charge is 2.20. The number of rotatable bonds is 9. The van der Waals surface area contributed by atoms with Gasteiger partial charge in [-0.1, -0.05) is 36.4 Å². The second kappa shape index (κ2) is 10.0. The van der Waals surface area contributed by atoms with E-state index in [4.69, 9.17) is 9.97 Å². The zero-order valence-corrected chi connectivity index (χ0v) is 19.1. The van der Waals surface area contributed by atoms with Crippen molar-refractivity contribution in [2.75, 3.05) is 36.5 Å². The number of hydrogen-bond acceptors (Lipinski definition) is 8. The van der Waals surface area contributed by atoms with E-state index >= 15 is 0 Å². The Balaban J connectivity index is 1.84. The molecule has 4 aromatic rings. The van der Waals surface area contributed by atoms with E-state index in [2.05, 4.69) is 29.4 Å². The third-order valence-electron chi connectivity index (χ3n) is 5.18. The smallest absolute Gasteiger partial charge is 0.228 e. The number of thiophene rings is 1. The molecule has 0 aliphatic rings. The van der Waals surface area contributed by atoms with Crippen LogP contribution in [0.2, 0.25) is 0 Å². The highest BCUT2D eigenvalue weighted by atomic mass is 32.1. The van der Waals surface area contributed by atoms with E-state index in [1.165, 1.54) is 0 Å². The summed E-state index contributed by atoms with van der Waals surface area (Å²) in [6, 6.07) is 16.2. The number of aromatic nitrogens is 3. The molecule has 0 radical (unpaired) electrons. The van der Waals surface area contributed by atoms with Gasteiger partial charge in [-0.15, -0.1) is 11.3 Å². The van der Waals surface area contributed by atoms with Crippen LogP contribution >= 0.6 is 11.3 Å². The lowest BCUT2D eigenvalue weighted by Crippen LogP contribution is -2.31. The summed E-state index contributed by atoms with van der Waals surface area (Å²) in [6.45, 7) is 5.20. The number of pyridine rings is 1. The zero-order chi connectivity index (χ0) is 22.5. The molecule has 8 heteroatoms. The van der Waals surface area contributed by atoms with E-state index in [1.54, 1.807) is 16.2 Å². The summed E-state index contributed by atoms with van der Waals surface area (Å²) in [4.78, 5) is 18.1. The molecule has 0 fully saturated rings. The van der Waals surface area contributed by atoms with Gasteiger partial charge >= 0.3 is 0 Å². The van der Waals surface area contributed by atoms with Crippen LogP contribution in [0.5, 0.6) is 0 Å². The van der Waals surface area contributed by atoms with Crippen molar-refractivity contribution in [3.05, 3.63) is 64.8 Å². The van der Waals surface area contributed by atoms with Crippen molar-refractivity contribution in [3.8, 4) is 11.1 Å². The Bertz CT molecular complexity index is 1190. The molecule has 0 unspecified atom stereocenters. The van der Waals surface area contributed by atoms with Crippen LogP contribution in [0.3, 0.4) is 0 Å². The molecule has 0 spiro atoms. The topological polar surface area (TPSA) is 94.4 Å². The Kier molecular flexibility index (Phi) is 6.94. The number of nitrogens with zero attached hydrogens (tertiary/aromatic N) is 4. The molecule has 4 rings (SSSR count). The van der Waals surface area contributed by atoms with Gasteiger partial charge in [-0.3, -0.25) is 4.98 Å². The van der Waals surface area contributed by atoms with Gasteiger partial charge in [0.15, 0.2) is 0 Å². The van der Waals surface area contributed by atoms with E-state index in [-0.39, 0.29) is 13.2 Å². The summed E-state index contributed by atoms with van der Waals surface area (Å²) >= 11 is 1.62. The minimum Gasteiger partial charge on any atom is -0.395 e. The van der Waals surface area contributed by atoms with Crippen LogP contribution in [-0.4, -0.2) is 51.5 Å². The highest BCUT2D eigenvalue weighted by Crippen LogP contribution is 2.41. The summed E-state index contributed by atoms with van der Waals surface area (Å²) < 4.78 is 0. The molecule has 0 atom stereocenters. The summed E-state index contributed by atoms with van der Waals surface area (Å²) in [5, 5.41) is 23.4. The molecule has 0 aliphatic carbocycles. The maximum atomic E-state index is 9.48. The van der Waals surface area contributed by atoms with Crippen LogP contribution in [0, 0.1) is 13.8 Å². The fraction of sp³-hybridized carbons (Fsp3) is 0.292. The molecule has 3 N–H and O–H groups in total. The van der Waals surface area contributed by atoms with Crippen molar-refractivity contribution in [2.24, 2.45) is 0 Å². The Morgan fingerprint density at radius 1 is 0.906 bits per heavy atom. The van der Waals surface area contributed by atoms with Gasteiger partial charge in [0.25, 0.3) is 0 Å². The predicted molar refractivity (Wildman–Crippen MR) is 130 cm³/mol. The summed E-state index contributed by atoms with van der Waals surface area (Å²) in [7, 11) is 0. The number of nitrogens with one attached hydrogen (secondary N) is 1. The van der Waals surface area contributed by atoms with Crippen molar-refractivity contribution in [3.63, 3.8) is 0 Å². The molecule has 7 nitrogen and oxygen atoms in total. The van der Waals surface area contributed by atoms with Gasteiger partial charge in [-0.05, 0) is 31.5 Å². The monoisotopic (exact) mass is 449 g/mol. The average Bonchev–Trinajstić information content (AvgIpc) is 3.13. The van der Waals surface area contributed by atoms with Crippen molar-refractivity contribution in [1.82, 2.24) is 15.0 Å². The number of benzene rings is 1. The minimum absolute atomic E-state index is 0.0455. The molecule has 0 saturated heterocycles. The largest absolute Gasteiger partial charge is 0.395 e. The average molecular weight is 450 g/mol. The van der Waals surface area contributed by atoms with E-state index in [0.717, 1.165) is 43.4 Å². The van der Waals surface area contributed by atoms with Crippen LogP contribution < -0.4 is 10.2 Å². The molecule has 3 aromatic heterocycles. The molecule has 3 heterocycles. The predicted octanol–water partition coefficient (Wildman–Crippen LogP) is 3.77. The van der Waals surface area contributed by atoms with Crippen molar-refractivity contribution >= 4 is 33.3 Å². The highest BCUT2D eigenvalue weighted by molar-refractivity contribution is 7.19. The Labute approximate surface area is 191 Å². The number of hydrogen-bond donors (Lipinski definition) is 3. The number of aliphatic hydroxyl groups excluding tert-OH is 2. The third-order valence-corrected chi connectivity index (χ3v) is 6.18. The number of aryl methyl sites for hydroxylation is 2. The molecule has 0 bridgehead atoms. The Hall–Kier alpha value is -3.07. The molecule has 166 valence electrons. The Morgan fingerprint density at radius 3 is 2.34 bits per heavy atom. The molecule has 0 aliphatic heterocycles. The normalized spacial score (nSPS) is 11.1. The van der Waals surface area contributed by atoms with E-state index in [0.29, 0.717) is 25.6 Å². The SMILES string of the molecule is Cc1cccc(CNc2nc(N(CCO)CCO)nc3sc(C)c(-c4ccccc4)c23)n1. The lowest BCUT2D eigenvalue weighted by atomic mass is 10.0. The molecular weight excluding hydrogens is 422 g/mol. The van der Waals surface area contributed by atoms with E-state index in [1.807, 2.05) is 43.3 Å². The van der Waals surface area contributed by atoms with Crippen LogP contribution in [-0.2, 0) is 6.54 Å². The second-order valence-corrected chi connectivity index (χ2v) is 8.71. The maximum Gasteiger partial charge on any atom is 0.228 e. The molecule has 0 saturated carbocycles. The van der Waals surface area contributed by atoms with Gasteiger partial charge in [0, 0.05) is 29.2 Å². The first kappa shape index (κ1) is 22.1. The minimum atomic E-state index is -0.0455. The van der Waals surface area contributed by atoms with Crippen LogP contribution in [0.1, 0.15) is 16.3 Å². The summed E-state index contributed by atoms with van der Waals surface area (Å²) in [5.41, 5.74) is 4.12. The fourth-order valence-electron chi connectivity index (χ4n) is 3.75. The quantitative estimate of drug-likeness (QED) is 0.358. The first-order chi connectivity index (χ1) is 15.6. The van der Waals surface area contributed by atoms with Crippen molar-refractivity contribution < 1.29 is 10.2 Å². The van der Waals surface area contributed by atoms with E-state index < -0.39 is 0 Å². The van der Waals surface area contributed by atoms with Crippen LogP contribution in [0.25, 0.3) is 21.3 Å². The van der Waals surface area contributed by atoms with Crippen LogP contribution in [0.15, 0.2) is 48.5 Å². The van der Waals surface area contributed by atoms with Gasteiger partial charge in [0.2, 0.25) is 5.95 Å². The zero-order valence-electron chi connectivity index (χ0n) is 18.2. The fourth-order valence-corrected chi connectivity index (χ4v) is 4.79. The Morgan fingerprint density at radius 2 is 1.66 bits per heavy atom. The number of anilines is 2. The number of fused-ring (bicyclic) bond motifs is 1. The summed E-state index contributed by atoms with van der Waals surface area (Å²) in [6.07, 6.45) is 0. The molecule has 0 amide bonds. The number of aliphatic hydroxyl groups is 2. The molecule has 32 heavy (non-hydrogen) atoms. The van der Waals surface area contributed by atoms with Crippen molar-refractivity contribution in [1.29, 1.82) is 0 Å². The second-order valence-electron chi connectivity index (χ2n) is 7.51. The molecule has 1 aromatic carbocycles. The van der Waals surface area contributed by atoms with Crippen molar-refractivity contribution in [2.45, 2.75) is 20.4 Å². The van der Waals surface area contributed by atoms with Gasteiger partial charge in [0.1, 0.15) is 10.6 Å². The van der Waals surface area contributed by atoms with Gasteiger partial charge in [-0.25, -0.2) is 4.98 Å². The van der Waals surface area contributed by atoms with Gasteiger partial charge in [-0.2, -0.15) is 4.98 Å². The van der Waals surface area contributed by atoms with Gasteiger partial charge in [0.05, 0.1) is 30.8 Å². The lowest BCUT2D eigenvalue weighted by Gasteiger charge is -2.21. The maximum absolute atomic E-state index is 9.48. The lowest BCUT2D eigenvalue weighted by molar-refractivity contribution is 0.280. The van der Waals surface area contributed by atoms with E-state index in [9.17, 15) is 10.2 Å². The third kappa shape index (κ3) is 4.72. The standard InChI is InChI=1S/C24H27N5O2S/c1-16-7-6-10-19(26-16)15-25-22-21-20(18-8-4-3-5-9-18)17(2)32-23(21)28-24(27-22)29(11-13-30)12-14-31/h3-10,30-31H,11-15H2,1-2H3,(H,25,27,28). The first-order valence-electron chi connectivity index (χ1n) is 10.6.